The second kappa shape index (κ2) is 19.7. The molecule has 0 amide bonds. The third kappa shape index (κ3) is 16.6. The molecular formula is C20H40ClNO3. The Hall–Kier alpha value is -0.580. The van der Waals surface area contributed by atoms with E-state index >= 15 is 0 Å². The number of aliphatic hydroxyl groups excluding tert-OH is 1. The fourth-order valence-electron chi connectivity index (χ4n) is 2.66. The largest absolute Gasteiger partial charge is 0.465 e. The number of hydrogen-bond donors (Lipinski definition) is 2. The minimum atomic E-state index is -0.987. The van der Waals surface area contributed by atoms with E-state index in [0.717, 1.165) is 12.8 Å². The van der Waals surface area contributed by atoms with Crippen LogP contribution in [-0.2, 0) is 9.53 Å². The molecule has 2 atom stereocenters. The molecule has 0 fully saturated rings. The van der Waals surface area contributed by atoms with Gasteiger partial charge in [0.1, 0.15) is 6.04 Å². The molecule has 0 aliphatic rings. The zero-order valence-corrected chi connectivity index (χ0v) is 17.1. The van der Waals surface area contributed by atoms with E-state index in [2.05, 4.69) is 6.92 Å². The lowest BCUT2D eigenvalue weighted by atomic mass is 10.0. The second-order valence-corrected chi connectivity index (χ2v) is 6.52. The van der Waals surface area contributed by atoms with Gasteiger partial charge in [0.2, 0.25) is 0 Å². The Kier molecular flexibility index (Phi) is 21.0. The number of carbonyl (C=O) groups excluding carboxylic acids is 1. The number of allylic oxidation sites excluding steroid dienone is 1. The molecular weight excluding hydrogens is 338 g/mol. The fourth-order valence-corrected chi connectivity index (χ4v) is 2.66. The van der Waals surface area contributed by atoms with E-state index in [1.807, 2.05) is 6.08 Å². The molecule has 0 aliphatic carbocycles. The molecule has 0 spiro atoms. The fraction of sp³-hybridized carbons (Fsp3) is 0.850. The summed E-state index contributed by atoms with van der Waals surface area (Å²) in [7, 11) is 0. The molecule has 0 aromatic carbocycles. The van der Waals surface area contributed by atoms with Crippen molar-refractivity contribution in [3.05, 3.63) is 12.2 Å². The minimum Gasteiger partial charge on any atom is -0.465 e. The van der Waals surface area contributed by atoms with Crippen LogP contribution in [0.1, 0.15) is 90.9 Å². The topological polar surface area (TPSA) is 72.5 Å². The number of esters is 1. The van der Waals surface area contributed by atoms with Crippen molar-refractivity contribution in [1.82, 2.24) is 0 Å². The lowest BCUT2D eigenvalue weighted by Gasteiger charge is -2.13. The number of aliphatic hydroxyl groups is 1. The number of unbranched alkanes of at least 4 members (excludes halogenated alkanes) is 11. The van der Waals surface area contributed by atoms with Gasteiger partial charge in [0.05, 0.1) is 12.7 Å². The summed E-state index contributed by atoms with van der Waals surface area (Å²) in [5.41, 5.74) is 5.62. The molecule has 4 nitrogen and oxygen atoms in total. The first kappa shape index (κ1) is 26.6. The number of ether oxygens (including phenoxy) is 1. The van der Waals surface area contributed by atoms with Crippen LogP contribution in [0.3, 0.4) is 0 Å². The number of hydrogen-bond acceptors (Lipinski definition) is 4. The van der Waals surface area contributed by atoms with Crippen molar-refractivity contribution in [3.8, 4) is 0 Å². The summed E-state index contributed by atoms with van der Waals surface area (Å²) >= 11 is 0. The maximum Gasteiger partial charge on any atom is 0.325 e. The van der Waals surface area contributed by atoms with Gasteiger partial charge in [-0.25, -0.2) is 0 Å². The van der Waals surface area contributed by atoms with Gasteiger partial charge in [0, 0.05) is 0 Å². The third-order valence-corrected chi connectivity index (χ3v) is 4.23. The van der Waals surface area contributed by atoms with Gasteiger partial charge in [-0.05, 0) is 19.8 Å². The first-order valence-electron chi connectivity index (χ1n) is 9.90. The van der Waals surface area contributed by atoms with Crippen molar-refractivity contribution in [2.45, 2.75) is 103 Å². The summed E-state index contributed by atoms with van der Waals surface area (Å²) in [6, 6.07) is -0.987. The van der Waals surface area contributed by atoms with Crippen LogP contribution in [0, 0.1) is 0 Å². The molecule has 0 heterocycles. The summed E-state index contributed by atoms with van der Waals surface area (Å²) in [4.78, 5) is 11.4. The van der Waals surface area contributed by atoms with Crippen LogP contribution in [0.5, 0.6) is 0 Å². The molecule has 0 rings (SSSR count). The van der Waals surface area contributed by atoms with E-state index in [4.69, 9.17) is 10.5 Å². The first-order valence-corrected chi connectivity index (χ1v) is 9.90. The van der Waals surface area contributed by atoms with Crippen molar-refractivity contribution in [3.63, 3.8) is 0 Å². The SMILES string of the molecule is CCCCCCCCCCCCC/C=C/C(O)C(N)C(=O)OCC.Cl. The van der Waals surface area contributed by atoms with E-state index in [0.29, 0.717) is 0 Å². The van der Waals surface area contributed by atoms with Crippen LogP contribution >= 0.6 is 12.4 Å². The molecule has 0 saturated carbocycles. The zero-order chi connectivity index (χ0) is 18.0. The highest BCUT2D eigenvalue weighted by molar-refractivity contribution is 5.85. The molecule has 0 aliphatic heterocycles. The molecule has 0 aromatic heterocycles. The summed E-state index contributed by atoms with van der Waals surface area (Å²) < 4.78 is 4.79. The minimum absolute atomic E-state index is 0. The highest BCUT2D eigenvalue weighted by Crippen LogP contribution is 2.12. The van der Waals surface area contributed by atoms with Crippen LogP contribution in [0.2, 0.25) is 0 Å². The van der Waals surface area contributed by atoms with Gasteiger partial charge in [-0.1, -0.05) is 83.3 Å². The monoisotopic (exact) mass is 377 g/mol. The number of carbonyl (C=O) groups is 1. The maximum absolute atomic E-state index is 11.4. The Labute approximate surface area is 161 Å². The van der Waals surface area contributed by atoms with Crippen LogP contribution in [0.25, 0.3) is 0 Å². The van der Waals surface area contributed by atoms with Gasteiger partial charge >= 0.3 is 5.97 Å². The van der Waals surface area contributed by atoms with Gasteiger partial charge in [0.25, 0.3) is 0 Å². The second-order valence-electron chi connectivity index (χ2n) is 6.52. The molecule has 0 radical (unpaired) electrons. The van der Waals surface area contributed by atoms with E-state index in [9.17, 15) is 9.90 Å². The standard InChI is InChI=1S/C20H39NO3.ClH/c1-3-5-6-7-8-9-10-11-12-13-14-15-16-17-18(22)19(21)20(23)24-4-2;/h16-19,22H,3-15,21H2,1-2H3;1H/b17-16+;. The Balaban J connectivity index is 0. The lowest BCUT2D eigenvalue weighted by molar-refractivity contribution is -0.146. The van der Waals surface area contributed by atoms with Crippen molar-refractivity contribution in [2.75, 3.05) is 6.61 Å². The number of halogens is 1. The van der Waals surface area contributed by atoms with E-state index in [-0.39, 0.29) is 19.0 Å². The smallest absolute Gasteiger partial charge is 0.325 e. The van der Waals surface area contributed by atoms with E-state index in [1.165, 1.54) is 64.2 Å². The Morgan fingerprint density at radius 3 is 1.92 bits per heavy atom. The Bertz CT molecular complexity index is 324. The van der Waals surface area contributed by atoms with Gasteiger partial charge in [-0.2, -0.15) is 0 Å². The normalized spacial score (nSPS) is 13.4. The van der Waals surface area contributed by atoms with E-state index in [1.54, 1.807) is 13.0 Å². The highest BCUT2D eigenvalue weighted by Gasteiger charge is 2.21. The van der Waals surface area contributed by atoms with Gasteiger partial charge < -0.3 is 15.6 Å². The number of rotatable bonds is 16. The van der Waals surface area contributed by atoms with Crippen LogP contribution in [-0.4, -0.2) is 29.8 Å². The quantitative estimate of drug-likeness (QED) is 0.227. The Morgan fingerprint density at radius 1 is 0.960 bits per heavy atom. The van der Waals surface area contributed by atoms with Crippen molar-refractivity contribution in [1.29, 1.82) is 0 Å². The van der Waals surface area contributed by atoms with Crippen molar-refractivity contribution in [2.24, 2.45) is 5.73 Å². The third-order valence-electron chi connectivity index (χ3n) is 4.23. The first-order chi connectivity index (χ1) is 11.6. The van der Waals surface area contributed by atoms with Gasteiger partial charge in [0.15, 0.2) is 0 Å². The summed E-state index contributed by atoms with van der Waals surface area (Å²) in [6.07, 6.45) is 18.1. The zero-order valence-electron chi connectivity index (χ0n) is 16.3. The van der Waals surface area contributed by atoms with Crippen LogP contribution < -0.4 is 5.73 Å². The summed E-state index contributed by atoms with van der Waals surface area (Å²) in [6.45, 7) is 4.26. The molecule has 0 saturated heterocycles. The average Bonchev–Trinajstić information content (AvgIpc) is 2.58. The van der Waals surface area contributed by atoms with Crippen LogP contribution in [0.15, 0.2) is 12.2 Å². The average molecular weight is 378 g/mol. The molecule has 0 bridgehead atoms. The molecule has 0 aromatic rings. The molecule has 25 heavy (non-hydrogen) atoms. The number of nitrogens with two attached hydrogens (primary N) is 1. The van der Waals surface area contributed by atoms with Crippen molar-refractivity contribution >= 4 is 18.4 Å². The maximum atomic E-state index is 11.4. The summed E-state index contributed by atoms with van der Waals surface area (Å²) in [5.74, 6) is -0.552. The Morgan fingerprint density at radius 2 is 1.44 bits per heavy atom. The molecule has 5 heteroatoms. The summed E-state index contributed by atoms with van der Waals surface area (Å²) in [5, 5.41) is 9.78. The van der Waals surface area contributed by atoms with Gasteiger partial charge in [-0.15, -0.1) is 12.4 Å². The van der Waals surface area contributed by atoms with Crippen molar-refractivity contribution < 1.29 is 14.6 Å². The highest BCUT2D eigenvalue weighted by atomic mass is 35.5. The molecule has 3 N–H and O–H groups in total. The van der Waals surface area contributed by atoms with Gasteiger partial charge in [-0.3, -0.25) is 4.79 Å². The van der Waals surface area contributed by atoms with E-state index < -0.39 is 18.1 Å². The predicted molar refractivity (Wildman–Crippen MR) is 108 cm³/mol. The van der Waals surface area contributed by atoms with Crippen LogP contribution in [0.4, 0.5) is 0 Å². The predicted octanol–water partition coefficient (Wildman–Crippen LogP) is 4.92. The lowest BCUT2D eigenvalue weighted by Crippen LogP contribution is -2.42. The molecule has 2 unspecified atom stereocenters. The molecule has 150 valence electrons.